The number of aryl methyl sites for hydroxylation is 1. The number of aromatic nitrogens is 1. The molecular weight excluding hydrogens is 253 g/mol. The van der Waals surface area contributed by atoms with Crippen LogP contribution in [0.15, 0.2) is 17.5 Å². The molecule has 15 heavy (non-hydrogen) atoms. The van der Waals surface area contributed by atoms with Crippen molar-refractivity contribution in [2.45, 2.75) is 6.92 Å². The molecule has 78 valence electrons. The Balaban J connectivity index is 2.63. The number of thiazole rings is 1. The van der Waals surface area contributed by atoms with E-state index in [1.807, 2.05) is 5.38 Å². The summed E-state index contributed by atoms with van der Waals surface area (Å²) < 4.78 is 14.0. The lowest BCUT2D eigenvalue weighted by molar-refractivity contribution is 0.619. The molecule has 5 heteroatoms. The molecule has 0 unspecified atom stereocenters. The summed E-state index contributed by atoms with van der Waals surface area (Å²) in [5, 5.41) is 2.36. The Morgan fingerprint density at radius 3 is 2.80 bits per heavy atom. The van der Waals surface area contributed by atoms with Gasteiger partial charge in [0, 0.05) is 10.9 Å². The Morgan fingerprint density at radius 1 is 1.47 bits per heavy atom. The van der Waals surface area contributed by atoms with Crippen molar-refractivity contribution >= 4 is 35.2 Å². The summed E-state index contributed by atoms with van der Waals surface area (Å²) >= 11 is 12.4. The molecule has 1 aromatic carbocycles. The third-order valence-corrected chi connectivity index (χ3v) is 3.43. The van der Waals surface area contributed by atoms with E-state index >= 15 is 0 Å². The SMILES string of the molecule is Cc1cc(Cl)c(-c2csc(=S)[nH]2)cc1F. The monoisotopic (exact) mass is 259 g/mol. The molecule has 0 aliphatic carbocycles. The van der Waals surface area contributed by atoms with Crippen LogP contribution in [0.5, 0.6) is 0 Å². The van der Waals surface area contributed by atoms with Gasteiger partial charge in [-0.25, -0.2) is 4.39 Å². The largest absolute Gasteiger partial charge is 0.337 e. The lowest BCUT2D eigenvalue weighted by Gasteiger charge is -2.04. The van der Waals surface area contributed by atoms with Crippen molar-refractivity contribution in [1.82, 2.24) is 4.98 Å². The summed E-state index contributed by atoms with van der Waals surface area (Å²) in [5.74, 6) is -0.264. The number of hydrogen-bond donors (Lipinski definition) is 1. The topological polar surface area (TPSA) is 15.8 Å². The van der Waals surface area contributed by atoms with Gasteiger partial charge in [0.15, 0.2) is 3.95 Å². The van der Waals surface area contributed by atoms with E-state index in [1.54, 1.807) is 13.0 Å². The summed E-state index contributed by atoms with van der Waals surface area (Å²) in [7, 11) is 0. The van der Waals surface area contributed by atoms with E-state index in [0.29, 0.717) is 20.1 Å². The first kappa shape index (κ1) is 10.8. The van der Waals surface area contributed by atoms with Crippen LogP contribution in [0.2, 0.25) is 5.02 Å². The minimum absolute atomic E-state index is 0.264. The van der Waals surface area contributed by atoms with Crippen LogP contribution in [0.25, 0.3) is 11.3 Å². The lowest BCUT2D eigenvalue weighted by atomic mass is 10.1. The standard InChI is InChI=1S/C10H7ClFNS2/c1-5-2-7(11)6(3-8(5)12)9-4-15-10(14)13-9/h2-4H,1H3,(H,13,14). The van der Waals surface area contributed by atoms with Crippen molar-refractivity contribution in [2.24, 2.45) is 0 Å². The van der Waals surface area contributed by atoms with Crippen molar-refractivity contribution in [1.29, 1.82) is 0 Å². The smallest absolute Gasteiger partial charge is 0.158 e. The van der Waals surface area contributed by atoms with Crippen molar-refractivity contribution in [2.75, 3.05) is 0 Å². The average Bonchev–Trinajstić information content (AvgIpc) is 2.58. The first-order chi connectivity index (χ1) is 7.08. The first-order valence-corrected chi connectivity index (χ1v) is 5.88. The molecule has 0 atom stereocenters. The molecule has 0 radical (unpaired) electrons. The molecule has 0 aliphatic rings. The van der Waals surface area contributed by atoms with Crippen molar-refractivity contribution < 1.29 is 4.39 Å². The fraction of sp³-hybridized carbons (Fsp3) is 0.100. The van der Waals surface area contributed by atoms with Crippen LogP contribution in [-0.2, 0) is 0 Å². The van der Waals surface area contributed by atoms with Gasteiger partial charge >= 0.3 is 0 Å². The highest BCUT2D eigenvalue weighted by Crippen LogP contribution is 2.30. The second-order valence-corrected chi connectivity index (χ2v) is 5.10. The second-order valence-electron chi connectivity index (χ2n) is 3.14. The predicted octanol–water partition coefficient (Wildman–Crippen LogP) is 4.57. The quantitative estimate of drug-likeness (QED) is 0.742. The third kappa shape index (κ3) is 2.12. The van der Waals surface area contributed by atoms with Gasteiger partial charge in [-0.2, -0.15) is 0 Å². The number of aromatic amines is 1. The average molecular weight is 260 g/mol. The maximum absolute atomic E-state index is 13.4. The van der Waals surface area contributed by atoms with Gasteiger partial charge in [-0.1, -0.05) is 11.6 Å². The molecule has 1 N–H and O–H groups in total. The van der Waals surface area contributed by atoms with Gasteiger partial charge in [0.2, 0.25) is 0 Å². The van der Waals surface area contributed by atoms with Gasteiger partial charge in [-0.05, 0) is 36.8 Å². The minimum atomic E-state index is -0.264. The van der Waals surface area contributed by atoms with Crippen LogP contribution in [0.1, 0.15) is 5.56 Å². The molecule has 1 aromatic heterocycles. The fourth-order valence-corrected chi connectivity index (χ4v) is 2.42. The van der Waals surface area contributed by atoms with Crippen LogP contribution in [0.3, 0.4) is 0 Å². The summed E-state index contributed by atoms with van der Waals surface area (Å²) in [6.45, 7) is 1.68. The second kappa shape index (κ2) is 4.04. The molecule has 1 heterocycles. The summed E-state index contributed by atoms with van der Waals surface area (Å²) in [4.78, 5) is 2.96. The van der Waals surface area contributed by atoms with Crippen LogP contribution in [0.4, 0.5) is 4.39 Å². The van der Waals surface area contributed by atoms with Gasteiger partial charge in [0.05, 0.1) is 10.7 Å². The summed E-state index contributed by atoms with van der Waals surface area (Å²) in [6, 6.07) is 3.03. The summed E-state index contributed by atoms with van der Waals surface area (Å²) in [5.41, 5.74) is 1.94. The van der Waals surface area contributed by atoms with E-state index in [-0.39, 0.29) is 5.82 Å². The molecule has 2 aromatic rings. The molecule has 0 spiro atoms. The lowest BCUT2D eigenvalue weighted by Crippen LogP contribution is -1.86. The van der Waals surface area contributed by atoms with Gasteiger partial charge in [-0.3, -0.25) is 0 Å². The van der Waals surface area contributed by atoms with Crippen molar-refractivity contribution in [3.05, 3.63) is 37.9 Å². The Hall–Kier alpha value is -0.710. The molecule has 0 bridgehead atoms. The fourth-order valence-electron chi connectivity index (χ4n) is 1.26. The van der Waals surface area contributed by atoms with E-state index in [2.05, 4.69) is 4.98 Å². The zero-order valence-electron chi connectivity index (χ0n) is 7.80. The minimum Gasteiger partial charge on any atom is -0.337 e. The van der Waals surface area contributed by atoms with E-state index in [0.717, 1.165) is 5.69 Å². The number of benzene rings is 1. The first-order valence-electron chi connectivity index (χ1n) is 4.22. The van der Waals surface area contributed by atoms with Crippen LogP contribution >= 0.6 is 35.2 Å². The molecule has 0 saturated heterocycles. The van der Waals surface area contributed by atoms with Gasteiger partial charge in [0.25, 0.3) is 0 Å². The Labute approximate surface area is 101 Å². The number of rotatable bonds is 1. The van der Waals surface area contributed by atoms with E-state index in [4.69, 9.17) is 23.8 Å². The van der Waals surface area contributed by atoms with Crippen LogP contribution in [0, 0.1) is 16.7 Å². The highest BCUT2D eigenvalue weighted by molar-refractivity contribution is 7.73. The number of halogens is 2. The van der Waals surface area contributed by atoms with Gasteiger partial charge < -0.3 is 4.98 Å². The molecule has 2 rings (SSSR count). The molecule has 1 nitrogen and oxygen atoms in total. The zero-order valence-corrected chi connectivity index (χ0v) is 10.2. The predicted molar refractivity (Wildman–Crippen MR) is 64.6 cm³/mol. The van der Waals surface area contributed by atoms with Crippen molar-refractivity contribution in [3.8, 4) is 11.3 Å². The molecule has 0 amide bonds. The number of hydrogen-bond acceptors (Lipinski definition) is 2. The molecule has 0 fully saturated rings. The van der Waals surface area contributed by atoms with Gasteiger partial charge in [-0.15, -0.1) is 11.3 Å². The van der Waals surface area contributed by atoms with E-state index in [1.165, 1.54) is 17.4 Å². The van der Waals surface area contributed by atoms with Gasteiger partial charge in [0.1, 0.15) is 5.82 Å². The van der Waals surface area contributed by atoms with Crippen LogP contribution in [-0.4, -0.2) is 4.98 Å². The van der Waals surface area contributed by atoms with E-state index < -0.39 is 0 Å². The maximum atomic E-state index is 13.4. The number of nitrogens with one attached hydrogen (secondary N) is 1. The normalized spacial score (nSPS) is 10.6. The van der Waals surface area contributed by atoms with E-state index in [9.17, 15) is 4.39 Å². The Bertz CT molecular complexity index is 559. The maximum Gasteiger partial charge on any atom is 0.158 e. The molecular formula is C10H7ClFNS2. The highest BCUT2D eigenvalue weighted by atomic mass is 35.5. The zero-order chi connectivity index (χ0) is 11.0. The Kier molecular flexibility index (Phi) is 2.91. The summed E-state index contributed by atoms with van der Waals surface area (Å²) in [6.07, 6.45) is 0. The van der Waals surface area contributed by atoms with Crippen molar-refractivity contribution in [3.63, 3.8) is 0 Å². The Morgan fingerprint density at radius 2 is 2.20 bits per heavy atom. The highest BCUT2D eigenvalue weighted by Gasteiger charge is 2.08. The number of H-pyrrole nitrogens is 1. The van der Waals surface area contributed by atoms with Crippen LogP contribution < -0.4 is 0 Å². The molecule has 0 aliphatic heterocycles. The third-order valence-electron chi connectivity index (χ3n) is 2.06. The molecule has 0 saturated carbocycles.